The number of benzene rings is 1. The van der Waals surface area contributed by atoms with Gasteiger partial charge in [-0.05, 0) is 59.1 Å². The summed E-state index contributed by atoms with van der Waals surface area (Å²) in [4.78, 5) is 1.15. The molecule has 2 N–H and O–H groups in total. The fourth-order valence-corrected chi connectivity index (χ4v) is 3.59. The highest BCUT2D eigenvalue weighted by atomic mass is 32.2. The summed E-state index contributed by atoms with van der Waals surface area (Å²) in [5, 5.41) is 13.1. The van der Waals surface area contributed by atoms with Crippen LogP contribution in [-0.4, -0.2) is 20.2 Å². The van der Waals surface area contributed by atoms with Crippen molar-refractivity contribution >= 4 is 11.8 Å². The van der Waals surface area contributed by atoms with Crippen LogP contribution in [0.25, 0.3) is 0 Å². The Bertz CT molecular complexity index is 574. The highest BCUT2D eigenvalue weighted by molar-refractivity contribution is 7.99. The smallest absolute Gasteiger partial charge is 0.214 e. The minimum atomic E-state index is 0.118. The van der Waals surface area contributed by atoms with Crippen LogP contribution < -0.4 is 5.73 Å². The zero-order valence-electron chi connectivity index (χ0n) is 12.3. The first-order chi connectivity index (χ1) is 10.3. The zero-order valence-corrected chi connectivity index (χ0v) is 13.1. The van der Waals surface area contributed by atoms with Crippen LogP contribution in [0, 0.1) is 0 Å². The topological polar surface area (TPSA) is 69.6 Å². The molecule has 5 nitrogen and oxygen atoms in total. The molecule has 0 saturated heterocycles. The molecular weight excluding hydrogens is 282 g/mol. The number of rotatable bonds is 5. The standard InChI is InChI=1S/C15H21N5S/c1-2-14(16)11-7-9-13(10-8-11)21-15-17-18-19-20(15)12-5-3-4-6-12/h7-10,12,14H,2-6,16H2,1H3. The first-order valence-corrected chi connectivity index (χ1v) is 8.41. The third-order valence-electron chi connectivity index (χ3n) is 4.09. The lowest BCUT2D eigenvalue weighted by molar-refractivity contribution is 0.423. The summed E-state index contributed by atoms with van der Waals surface area (Å²) in [6.45, 7) is 2.10. The van der Waals surface area contributed by atoms with Crippen molar-refractivity contribution in [3.63, 3.8) is 0 Å². The van der Waals surface area contributed by atoms with E-state index in [4.69, 9.17) is 5.73 Å². The Morgan fingerprint density at radius 2 is 2.00 bits per heavy atom. The molecule has 1 saturated carbocycles. The van der Waals surface area contributed by atoms with Gasteiger partial charge in [0.1, 0.15) is 0 Å². The Morgan fingerprint density at radius 3 is 2.67 bits per heavy atom. The van der Waals surface area contributed by atoms with Gasteiger partial charge in [-0.1, -0.05) is 31.9 Å². The van der Waals surface area contributed by atoms with E-state index in [1.165, 1.54) is 31.2 Å². The van der Waals surface area contributed by atoms with Gasteiger partial charge < -0.3 is 5.73 Å². The maximum absolute atomic E-state index is 6.04. The van der Waals surface area contributed by atoms with Crippen molar-refractivity contribution < 1.29 is 0 Å². The normalized spacial score (nSPS) is 17.2. The van der Waals surface area contributed by atoms with Gasteiger partial charge in [-0.3, -0.25) is 0 Å². The molecule has 1 unspecified atom stereocenters. The number of nitrogens with zero attached hydrogens (tertiary/aromatic N) is 4. The van der Waals surface area contributed by atoms with Gasteiger partial charge in [0.2, 0.25) is 5.16 Å². The van der Waals surface area contributed by atoms with Crippen molar-refractivity contribution in [3.8, 4) is 0 Å². The Morgan fingerprint density at radius 1 is 1.29 bits per heavy atom. The molecule has 112 valence electrons. The molecular formula is C15H21N5S. The van der Waals surface area contributed by atoms with E-state index in [-0.39, 0.29) is 6.04 Å². The van der Waals surface area contributed by atoms with Gasteiger partial charge in [0, 0.05) is 10.9 Å². The van der Waals surface area contributed by atoms with Crippen LogP contribution in [0.1, 0.15) is 56.7 Å². The largest absolute Gasteiger partial charge is 0.324 e. The number of nitrogens with two attached hydrogens (primary N) is 1. The number of hydrogen-bond donors (Lipinski definition) is 1. The lowest BCUT2D eigenvalue weighted by atomic mass is 10.1. The van der Waals surface area contributed by atoms with E-state index in [9.17, 15) is 0 Å². The summed E-state index contributed by atoms with van der Waals surface area (Å²) in [5.41, 5.74) is 7.22. The summed E-state index contributed by atoms with van der Waals surface area (Å²) in [6.07, 6.45) is 5.87. The lowest BCUT2D eigenvalue weighted by Gasteiger charge is -2.12. The first kappa shape index (κ1) is 14.5. The van der Waals surface area contributed by atoms with Crippen LogP contribution in [0.4, 0.5) is 0 Å². The molecule has 1 atom stereocenters. The van der Waals surface area contributed by atoms with Crippen molar-refractivity contribution in [2.24, 2.45) is 5.73 Å². The van der Waals surface area contributed by atoms with Gasteiger partial charge in [-0.25, -0.2) is 4.68 Å². The minimum Gasteiger partial charge on any atom is -0.324 e. The van der Waals surface area contributed by atoms with Gasteiger partial charge in [-0.2, -0.15) is 0 Å². The molecule has 6 heteroatoms. The molecule has 21 heavy (non-hydrogen) atoms. The van der Waals surface area contributed by atoms with E-state index in [1.54, 1.807) is 11.8 Å². The molecule has 0 bridgehead atoms. The SMILES string of the molecule is CCC(N)c1ccc(Sc2nnnn2C2CCCC2)cc1. The van der Waals surface area contributed by atoms with Crippen molar-refractivity contribution in [3.05, 3.63) is 29.8 Å². The average Bonchev–Trinajstić information content (AvgIpc) is 3.18. The highest BCUT2D eigenvalue weighted by Crippen LogP contribution is 2.34. The van der Waals surface area contributed by atoms with Gasteiger partial charge >= 0.3 is 0 Å². The van der Waals surface area contributed by atoms with Crippen molar-refractivity contribution in [2.75, 3.05) is 0 Å². The van der Waals surface area contributed by atoms with E-state index in [1.807, 2.05) is 4.68 Å². The second-order valence-corrected chi connectivity index (χ2v) is 6.57. The fourth-order valence-electron chi connectivity index (χ4n) is 2.75. The lowest BCUT2D eigenvalue weighted by Crippen LogP contribution is -2.08. The Balaban J connectivity index is 1.73. The molecule has 1 aliphatic carbocycles. The Kier molecular flexibility index (Phi) is 4.55. The molecule has 0 aliphatic heterocycles. The summed E-state index contributed by atoms with van der Waals surface area (Å²) in [7, 11) is 0. The summed E-state index contributed by atoms with van der Waals surface area (Å²) in [5.74, 6) is 0. The first-order valence-electron chi connectivity index (χ1n) is 7.59. The van der Waals surface area contributed by atoms with Crippen LogP contribution in [0.15, 0.2) is 34.3 Å². The van der Waals surface area contributed by atoms with E-state index in [2.05, 4.69) is 46.7 Å². The fraction of sp³-hybridized carbons (Fsp3) is 0.533. The third kappa shape index (κ3) is 3.27. The molecule has 0 amide bonds. The maximum atomic E-state index is 6.04. The van der Waals surface area contributed by atoms with Crippen molar-refractivity contribution in [1.29, 1.82) is 0 Å². The van der Waals surface area contributed by atoms with Crippen LogP contribution >= 0.6 is 11.8 Å². The van der Waals surface area contributed by atoms with Crippen molar-refractivity contribution in [1.82, 2.24) is 20.2 Å². The highest BCUT2D eigenvalue weighted by Gasteiger charge is 2.21. The second kappa shape index (κ2) is 6.58. The van der Waals surface area contributed by atoms with E-state index < -0.39 is 0 Å². The molecule has 1 aromatic carbocycles. The molecule has 0 radical (unpaired) electrons. The van der Waals surface area contributed by atoms with Gasteiger partial charge in [-0.15, -0.1) is 5.10 Å². The van der Waals surface area contributed by atoms with Crippen LogP contribution in [-0.2, 0) is 0 Å². The van der Waals surface area contributed by atoms with Gasteiger partial charge in [0.05, 0.1) is 6.04 Å². The van der Waals surface area contributed by atoms with Gasteiger partial charge in [0.15, 0.2) is 0 Å². The summed E-state index contributed by atoms with van der Waals surface area (Å²) in [6, 6.07) is 8.98. The number of hydrogen-bond acceptors (Lipinski definition) is 5. The Labute approximate surface area is 129 Å². The molecule has 1 fully saturated rings. The average molecular weight is 303 g/mol. The Hall–Kier alpha value is -1.40. The summed E-state index contributed by atoms with van der Waals surface area (Å²) >= 11 is 1.62. The zero-order chi connectivity index (χ0) is 14.7. The van der Waals surface area contributed by atoms with Crippen LogP contribution in [0.2, 0.25) is 0 Å². The number of aromatic nitrogens is 4. The molecule has 1 aliphatic rings. The molecule has 0 spiro atoms. The quantitative estimate of drug-likeness (QED) is 0.917. The van der Waals surface area contributed by atoms with E-state index in [0.29, 0.717) is 6.04 Å². The monoisotopic (exact) mass is 303 g/mol. The van der Waals surface area contributed by atoms with Gasteiger partial charge in [0.25, 0.3) is 0 Å². The molecule has 1 aromatic heterocycles. The third-order valence-corrected chi connectivity index (χ3v) is 5.05. The summed E-state index contributed by atoms with van der Waals surface area (Å²) < 4.78 is 1.99. The van der Waals surface area contributed by atoms with Crippen LogP contribution in [0.5, 0.6) is 0 Å². The minimum absolute atomic E-state index is 0.118. The predicted molar refractivity (Wildman–Crippen MR) is 83.1 cm³/mol. The molecule has 1 heterocycles. The van der Waals surface area contributed by atoms with Crippen molar-refractivity contribution in [2.45, 2.75) is 61.2 Å². The number of tetrazole rings is 1. The van der Waals surface area contributed by atoms with E-state index in [0.717, 1.165) is 16.5 Å². The molecule has 3 rings (SSSR count). The predicted octanol–water partition coefficient (Wildman–Crippen LogP) is 3.35. The second-order valence-electron chi connectivity index (χ2n) is 5.53. The van der Waals surface area contributed by atoms with E-state index >= 15 is 0 Å². The maximum Gasteiger partial charge on any atom is 0.214 e. The molecule has 2 aromatic rings. The van der Waals surface area contributed by atoms with Crippen LogP contribution in [0.3, 0.4) is 0 Å².